The standard InChI is InChI=1S/C26H22ClFN4O5/c27-17-10-11-21(28)20(13-17)16-8-6-15(7-9-16)12-18(14-22(33)25(35)36)29-24(34)23-30-26(37)32(31-23)19-4-2-1-3-5-19/h1-11,13,18,22,33H,12,14H2,(H,29,34)(H,35,36)(H,30,31,37). The number of hydrogen-bond acceptors (Lipinski definition) is 5. The Bertz CT molecular complexity index is 1470. The predicted molar refractivity (Wildman–Crippen MR) is 134 cm³/mol. The van der Waals surface area contributed by atoms with Crippen molar-refractivity contribution in [3.8, 4) is 16.8 Å². The van der Waals surface area contributed by atoms with Gasteiger partial charge in [0.1, 0.15) is 5.82 Å². The molecular weight excluding hydrogens is 503 g/mol. The summed E-state index contributed by atoms with van der Waals surface area (Å²) in [5, 5.41) is 26.1. The third-order valence-corrected chi connectivity index (χ3v) is 5.87. The molecule has 0 saturated heterocycles. The SMILES string of the molecule is O=C(NC(Cc1ccc(-c2cc(Cl)ccc2F)cc1)CC(O)C(=O)O)c1nn(-c2ccccc2)c(=O)[nH]1. The van der Waals surface area contributed by atoms with Gasteiger partial charge in [0.15, 0.2) is 6.10 Å². The Morgan fingerprint density at radius 3 is 2.46 bits per heavy atom. The number of carboxylic acids is 1. The summed E-state index contributed by atoms with van der Waals surface area (Å²) in [5.41, 5.74) is 1.43. The average molecular weight is 525 g/mol. The maximum absolute atomic E-state index is 14.2. The summed E-state index contributed by atoms with van der Waals surface area (Å²) in [6, 6.07) is 18.7. The zero-order valence-electron chi connectivity index (χ0n) is 19.3. The Hall–Kier alpha value is -4.28. The number of para-hydroxylation sites is 1. The lowest BCUT2D eigenvalue weighted by Crippen LogP contribution is -2.41. The summed E-state index contributed by atoms with van der Waals surface area (Å²) in [5.74, 6) is -2.88. The molecule has 0 aliphatic rings. The van der Waals surface area contributed by atoms with E-state index in [4.69, 9.17) is 16.7 Å². The number of aromatic amines is 1. The Kier molecular flexibility index (Phi) is 7.80. The number of H-pyrrole nitrogens is 1. The molecule has 2 atom stereocenters. The van der Waals surface area contributed by atoms with Crippen LogP contribution >= 0.6 is 11.6 Å². The molecule has 190 valence electrons. The second kappa shape index (κ2) is 11.2. The molecule has 1 aromatic heterocycles. The molecule has 4 rings (SSSR count). The smallest absolute Gasteiger partial charge is 0.348 e. The highest BCUT2D eigenvalue weighted by atomic mass is 35.5. The lowest BCUT2D eigenvalue weighted by Gasteiger charge is -2.20. The Morgan fingerprint density at radius 2 is 1.78 bits per heavy atom. The molecular formula is C26H22ClFN4O5. The van der Waals surface area contributed by atoms with Crippen molar-refractivity contribution in [3.63, 3.8) is 0 Å². The minimum absolute atomic E-state index is 0.151. The number of nitrogens with zero attached hydrogens (tertiary/aromatic N) is 2. The molecule has 0 aliphatic heterocycles. The number of nitrogens with one attached hydrogen (secondary N) is 2. The van der Waals surface area contributed by atoms with Crippen molar-refractivity contribution in [1.29, 1.82) is 0 Å². The molecule has 1 heterocycles. The minimum atomic E-state index is -1.73. The van der Waals surface area contributed by atoms with E-state index in [1.54, 1.807) is 54.6 Å². The highest BCUT2D eigenvalue weighted by molar-refractivity contribution is 6.30. The Morgan fingerprint density at radius 1 is 1.08 bits per heavy atom. The Balaban J connectivity index is 1.53. The number of rotatable bonds is 9. The fourth-order valence-electron chi connectivity index (χ4n) is 3.81. The molecule has 0 bridgehead atoms. The molecule has 2 unspecified atom stereocenters. The van der Waals surface area contributed by atoms with E-state index in [0.717, 1.165) is 4.68 Å². The van der Waals surface area contributed by atoms with Gasteiger partial charge in [0.2, 0.25) is 5.82 Å². The zero-order valence-corrected chi connectivity index (χ0v) is 20.0. The van der Waals surface area contributed by atoms with E-state index >= 15 is 0 Å². The normalized spacial score (nSPS) is 12.6. The van der Waals surface area contributed by atoms with Crippen LogP contribution in [0.1, 0.15) is 22.6 Å². The van der Waals surface area contributed by atoms with Crippen LogP contribution in [0.4, 0.5) is 4.39 Å². The number of carbonyl (C=O) groups excluding carboxylic acids is 1. The van der Waals surface area contributed by atoms with Gasteiger partial charge in [-0.05, 0) is 47.9 Å². The van der Waals surface area contributed by atoms with Crippen molar-refractivity contribution in [2.24, 2.45) is 0 Å². The molecule has 0 spiro atoms. The van der Waals surface area contributed by atoms with Gasteiger partial charge in [0, 0.05) is 23.0 Å². The number of carboxylic acid groups (broad SMARTS) is 1. The highest BCUT2D eigenvalue weighted by Gasteiger charge is 2.24. The van der Waals surface area contributed by atoms with Gasteiger partial charge in [0.05, 0.1) is 5.69 Å². The van der Waals surface area contributed by atoms with Gasteiger partial charge in [-0.25, -0.2) is 14.0 Å². The number of amides is 1. The third-order valence-electron chi connectivity index (χ3n) is 5.64. The van der Waals surface area contributed by atoms with Gasteiger partial charge < -0.3 is 15.5 Å². The van der Waals surface area contributed by atoms with Gasteiger partial charge in [-0.3, -0.25) is 9.78 Å². The first-order valence-corrected chi connectivity index (χ1v) is 11.6. The number of aliphatic hydroxyl groups is 1. The first-order valence-electron chi connectivity index (χ1n) is 11.2. The zero-order chi connectivity index (χ0) is 26.5. The molecule has 3 aromatic carbocycles. The number of hydrogen-bond donors (Lipinski definition) is 4. The monoisotopic (exact) mass is 524 g/mol. The summed E-state index contributed by atoms with van der Waals surface area (Å²) in [4.78, 5) is 38.8. The van der Waals surface area contributed by atoms with Crippen molar-refractivity contribution in [2.75, 3.05) is 0 Å². The second-order valence-electron chi connectivity index (χ2n) is 8.31. The van der Waals surface area contributed by atoms with Gasteiger partial charge in [-0.15, -0.1) is 5.10 Å². The molecule has 4 aromatic rings. The average Bonchev–Trinajstić information content (AvgIpc) is 3.28. The van der Waals surface area contributed by atoms with Crippen LogP contribution < -0.4 is 11.0 Å². The third kappa shape index (κ3) is 6.29. The number of aliphatic hydroxyl groups excluding tert-OH is 1. The maximum Gasteiger partial charge on any atom is 0.348 e. The van der Waals surface area contributed by atoms with E-state index in [0.29, 0.717) is 27.4 Å². The van der Waals surface area contributed by atoms with Gasteiger partial charge >= 0.3 is 11.7 Å². The van der Waals surface area contributed by atoms with E-state index in [2.05, 4.69) is 15.4 Å². The number of benzene rings is 3. The first kappa shape index (κ1) is 25.8. The molecule has 4 N–H and O–H groups in total. The summed E-state index contributed by atoms with van der Waals surface area (Å²) in [6.07, 6.45) is -1.88. The fraction of sp³-hybridized carbons (Fsp3) is 0.154. The maximum atomic E-state index is 14.2. The molecule has 0 saturated carbocycles. The summed E-state index contributed by atoms with van der Waals surface area (Å²) >= 11 is 5.98. The van der Waals surface area contributed by atoms with E-state index < -0.39 is 35.5 Å². The fourth-order valence-corrected chi connectivity index (χ4v) is 3.98. The van der Waals surface area contributed by atoms with Crippen LogP contribution in [0, 0.1) is 5.82 Å². The molecule has 9 nitrogen and oxygen atoms in total. The second-order valence-corrected chi connectivity index (χ2v) is 8.75. The quantitative estimate of drug-likeness (QED) is 0.265. The molecule has 0 aliphatic carbocycles. The lowest BCUT2D eigenvalue weighted by atomic mass is 9.97. The van der Waals surface area contributed by atoms with Crippen molar-refractivity contribution >= 4 is 23.5 Å². The number of aromatic nitrogens is 3. The van der Waals surface area contributed by atoms with Gasteiger partial charge in [0.25, 0.3) is 5.91 Å². The number of halogens is 2. The van der Waals surface area contributed by atoms with Crippen LogP contribution in [0.15, 0.2) is 77.6 Å². The lowest BCUT2D eigenvalue weighted by molar-refractivity contribution is -0.147. The summed E-state index contributed by atoms with van der Waals surface area (Å²) < 4.78 is 15.2. The largest absolute Gasteiger partial charge is 0.479 e. The van der Waals surface area contributed by atoms with Crippen LogP contribution in [0.2, 0.25) is 5.02 Å². The predicted octanol–water partition coefficient (Wildman–Crippen LogP) is 3.20. The number of aliphatic carboxylic acids is 1. The van der Waals surface area contributed by atoms with Gasteiger partial charge in [-0.1, -0.05) is 54.1 Å². The molecule has 1 amide bonds. The highest BCUT2D eigenvalue weighted by Crippen LogP contribution is 2.26. The van der Waals surface area contributed by atoms with E-state index in [1.165, 1.54) is 18.2 Å². The minimum Gasteiger partial charge on any atom is -0.479 e. The van der Waals surface area contributed by atoms with Crippen molar-refractivity contribution < 1.29 is 24.2 Å². The van der Waals surface area contributed by atoms with Crippen LogP contribution in [-0.4, -0.2) is 49.0 Å². The van der Waals surface area contributed by atoms with Crippen molar-refractivity contribution in [2.45, 2.75) is 25.0 Å². The molecule has 0 fully saturated rings. The van der Waals surface area contributed by atoms with Crippen molar-refractivity contribution in [3.05, 3.63) is 106 Å². The van der Waals surface area contributed by atoms with E-state index in [1.807, 2.05) is 0 Å². The van der Waals surface area contributed by atoms with Crippen LogP contribution in [-0.2, 0) is 11.2 Å². The molecule has 37 heavy (non-hydrogen) atoms. The van der Waals surface area contributed by atoms with E-state index in [-0.39, 0.29) is 18.7 Å². The number of carbonyl (C=O) groups is 2. The molecule has 0 radical (unpaired) electrons. The van der Waals surface area contributed by atoms with Crippen LogP contribution in [0.25, 0.3) is 16.8 Å². The summed E-state index contributed by atoms with van der Waals surface area (Å²) in [6.45, 7) is 0. The van der Waals surface area contributed by atoms with Crippen LogP contribution in [0.5, 0.6) is 0 Å². The Labute approximate surface area is 215 Å². The van der Waals surface area contributed by atoms with Crippen LogP contribution in [0.3, 0.4) is 0 Å². The van der Waals surface area contributed by atoms with Gasteiger partial charge in [-0.2, -0.15) is 4.68 Å². The molecule has 11 heteroatoms. The topological polar surface area (TPSA) is 137 Å². The van der Waals surface area contributed by atoms with Crippen molar-refractivity contribution in [1.82, 2.24) is 20.1 Å². The summed E-state index contributed by atoms with van der Waals surface area (Å²) in [7, 11) is 0. The van der Waals surface area contributed by atoms with E-state index in [9.17, 15) is 23.9 Å². The first-order chi connectivity index (χ1) is 17.7.